The Bertz CT molecular complexity index is 3250. The number of nitrogens with zero attached hydrogens (tertiary/aromatic N) is 4. The van der Waals surface area contributed by atoms with Crippen LogP contribution in [0, 0.1) is 0 Å². The Labute approximate surface area is 427 Å². The number of fused-ring (bicyclic) bond motifs is 2. The summed E-state index contributed by atoms with van der Waals surface area (Å²) in [4.78, 5) is 91.2. The number of hydrogen-bond acceptors (Lipinski definition) is 9. The number of ketones is 1. The molecule has 2 atom stereocenters. The Morgan fingerprint density at radius 2 is 1.00 bits per heavy atom. The lowest BCUT2D eigenvalue weighted by molar-refractivity contribution is -0.136. The Morgan fingerprint density at radius 1 is 0.575 bits per heavy atom. The normalized spacial score (nSPS) is 14.9. The van der Waals surface area contributed by atoms with Crippen molar-refractivity contribution >= 4 is 85.5 Å². The monoisotopic (exact) mass is 997 g/mol. The van der Waals surface area contributed by atoms with Crippen LogP contribution in [0.4, 0.5) is 17.2 Å². The van der Waals surface area contributed by atoms with Gasteiger partial charge in [0.1, 0.15) is 23.7 Å². The lowest BCUT2D eigenvalue weighted by atomic mass is 10.1. The van der Waals surface area contributed by atoms with E-state index in [2.05, 4.69) is 42.2 Å². The molecule has 2 saturated heterocycles. The number of H-pyrrole nitrogens is 2. The van der Waals surface area contributed by atoms with E-state index >= 15 is 0 Å². The van der Waals surface area contributed by atoms with Gasteiger partial charge < -0.3 is 36.1 Å². The summed E-state index contributed by atoms with van der Waals surface area (Å²) in [7, 11) is 0. The van der Waals surface area contributed by atoms with Crippen LogP contribution in [0.15, 0.2) is 146 Å². The van der Waals surface area contributed by atoms with Crippen molar-refractivity contribution < 1.29 is 28.8 Å². The van der Waals surface area contributed by atoms with Crippen LogP contribution in [-0.2, 0) is 48.0 Å². The number of nitrogens with one attached hydrogen (secondary N) is 4. The molecule has 4 amide bonds. The molecular formula is C57H56ClN9O6. The summed E-state index contributed by atoms with van der Waals surface area (Å²) >= 11 is 4.64. The molecule has 0 unspecified atom stereocenters. The Hall–Kier alpha value is -8.43. The second kappa shape index (κ2) is 23.7. The summed E-state index contributed by atoms with van der Waals surface area (Å²) in [5.41, 5.74) is 17.0. The fraction of sp³-hybridized carbons (Fsp3) is 0.228. The highest BCUT2D eigenvalue weighted by Crippen LogP contribution is 2.28. The second-order valence-electron chi connectivity index (χ2n) is 18.1. The summed E-state index contributed by atoms with van der Waals surface area (Å²) in [5, 5.41) is 5.59. The van der Waals surface area contributed by atoms with Crippen LogP contribution in [-0.4, -0.2) is 89.6 Å². The number of aromatic nitrogens is 4. The molecule has 2 aliphatic rings. The molecule has 10 rings (SSSR count). The third kappa shape index (κ3) is 13.5. The highest BCUT2D eigenvalue weighted by Gasteiger charge is 2.35. The van der Waals surface area contributed by atoms with Gasteiger partial charge in [0.2, 0.25) is 28.9 Å². The van der Waals surface area contributed by atoms with Crippen LogP contribution in [0.2, 0.25) is 0 Å². The van der Waals surface area contributed by atoms with Crippen LogP contribution in [0.25, 0.3) is 44.6 Å². The van der Waals surface area contributed by atoms with Crippen molar-refractivity contribution in [1.82, 2.24) is 29.7 Å². The molecule has 4 aromatic heterocycles. The fourth-order valence-corrected chi connectivity index (χ4v) is 9.08. The van der Waals surface area contributed by atoms with Gasteiger partial charge >= 0.3 is 0 Å². The van der Waals surface area contributed by atoms with Gasteiger partial charge in [-0.2, -0.15) is 0 Å². The number of Topliss-reactive ketones (excluding diaryl/α,β-unsaturated/α-hetero) is 1. The summed E-state index contributed by atoms with van der Waals surface area (Å²) in [6.07, 6.45) is 3.92. The van der Waals surface area contributed by atoms with Crippen LogP contribution >= 0.6 is 11.6 Å². The van der Waals surface area contributed by atoms with E-state index in [4.69, 9.17) is 5.73 Å². The Morgan fingerprint density at radius 3 is 1.44 bits per heavy atom. The third-order valence-electron chi connectivity index (χ3n) is 12.5. The highest BCUT2D eigenvalue weighted by molar-refractivity contribution is 6.62. The molecular weight excluding hydrogens is 942 g/mol. The predicted octanol–water partition coefficient (Wildman–Crippen LogP) is 9.29. The maximum absolute atomic E-state index is 13.0. The number of halogens is 1. The van der Waals surface area contributed by atoms with Crippen LogP contribution in [0.5, 0.6) is 0 Å². The Balaban J connectivity index is 0.000000182. The maximum Gasteiger partial charge on any atom is 0.247 e. The lowest BCUT2D eigenvalue weighted by Crippen LogP contribution is -2.43. The van der Waals surface area contributed by atoms with Crippen molar-refractivity contribution in [2.24, 2.45) is 0 Å². The van der Waals surface area contributed by atoms with Gasteiger partial charge in [-0.05, 0) is 127 Å². The molecule has 0 aliphatic carbocycles. The van der Waals surface area contributed by atoms with Crippen molar-refractivity contribution in [2.45, 2.75) is 70.9 Å². The molecule has 73 heavy (non-hydrogen) atoms. The van der Waals surface area contributed by atoms with E-state index < -0.39 is 12.1 Å². The molecule has 0 bridgehead atoms. The minimum Gasteiger partial charge on any atom is -0.384 e. The molecule has 15 nitrogen and oxygen atoms in total. The molecule has 372 valence electrons. The molecule has 0 spiro atoms. The van der Waals surface area contributed by atoms with Crippen LogP contribution in [0.3, 0.4) is 0 Å². The second-order valence-corrected chi connectivity index (χ2v) is 18.6. The van der Waals surface area contributed by atoms with Crippen molar-refractivity contribution in [3.63, 3.8) is 0 Å². The molecule has 0 radical (unpaired) electrons. The number of carbonyl (C=O) groups excluding carboxylic acids is 6. The van der Waals surface area contributed by atoms with Crippen molar-refractivity contribution in [3.8, 4) is 22.5 Å². The summed E-state index contributed by atoms with van der Waals surface area (Å²) in [6.45, 7) is 4.07. The summed E-state index contributed by atoms with van der Waals surface area (Å²) in [5.74, 6) is 0.225. The number of anilines is 3. The molecule has 2 fully saturated rings. The van der Waals surface area contributed by atoms with E-state index in [9.17, 15) is 28.8 Å². The van der Waals surface area contributed by atoms with Gasteiger partial charge in [0.05, 0.1) is 34.9 Å². The minimum atomic E-state index is -0.454. The quantitative estimate of drug-likeness (QED) is 0.0736. The average molecular weight is 999 g/mol. The van der Waals surface area contributed by atoms with Gasteiger partial charge in [0.15, 0.2) is 0 Å². The molecule has 8 aromatic rings. The number of aromatic amines is 2. The van der Waals surface area contributed by atoms with Gasteiger partial charge in [-0.3, -0.25) is 33.8 Å². The number of pyridine rings is 2. The van der Waals surface area contributed by atoms with E-state index in [0.717, 1.165) is 74.2 Å². The number of likely N-dealkylation sites (tertiary alicyclic amines) is 2. The average Bonchev–Trinajstić information content (AvgIpc) is 4.22. The number of amides is 4. The molecule has 4 aromatic carbocycles. The first-order chi connectivity index (χ1) is 35.3. The molecule has 0 saturated carbocycles. The SMILES string of the molecule is CC(=O)Cc1ccc2[nH]c(-c3ccc(NC(=O)[C@@H]4CCCN4C(=O)Cc4ccccc4)cc3)cc2n1.CC(=O)Cl.Nc1ccc2[nH]c(-c3ccc(NC(=O)[C@@H]4CCCN4C(=O)Cc4ccccc4)cc3)cc2n1. The first-order valence-electron chi connectivity index (χ1n) is 24.1. The van der Waals surface area contributed by atoms with E-state index in [-0.39, 0.29) is 34.7 Å². The zero-order valence-corrected chi connectivity index (χ0v) is 41.3. The van der Waals surface area contributed by atoms with Gasteiger partial charge in [0, 0.05) is 54.9 Å². The van der Waals surface area contributed by atoms with Gasteiger partial charge in [-0.1, -0.05) is 84.9 Å². The molecule has 6 heterocycles. The number of rotatable bonds is 12. The van der Waals surface area contributed by atoms with Gasteiger partial charge in [-0.15, -0.1) is 0 Å². The number of benzene rings is 4. The van der Waals surface area contributed by atoms with Crippen LogP contribution < -0.4 is 16.4 Å². The number of nitrogen functional groups attached to an aromatic ring is 1. The molecule has 6 N–H and O–H groups in total. The van der Waals surface area contributed by atoms with Crippen molar-refractivity contribution in [2.75, 3.05) is 29.5 Å². The van der Waals surface area contributed by atoms with E-state index in [1.165, 1.54) is 6.92 Å². The van der Waals surface area contributed by atoms with Gasteiger partial charge in [-0.25, -0.2) is 4.98 Å². The first kappa shape index (κ1) is 50.9. The zero-order valence-electron chi connectivity index (χ0n) is 40.6. The lowest BCUT2D eigenvalue weighted by Gasteiger charge is -2.24. The number of nitrogens with two attached hydrogens (primary N) is 1. The van der Waals surface area contributed by atoms with Crippen LogP contribution in [0.1, 0.15) is 56.4 Å². The largest absolute Gasteiger partial charge is 0.384 e. The third-order valence-corrected chi connectivity index (χ3v) is 12.5. The molecule has 16 heteroatoms. The van der Waals surface area contributed by atoms with Crippen molar-refractivity contribution in [1.29, 1.82) is 0 Å². The van der Waals surface area contributed by atoms with E-state index in [0.29, 0.717) is 62.4 Å². The van der Waals surface area contributed by atoms with Crippen molar-refractivity contribution in [3.05, 3.63) is 162 Å². The Kier molecular flexibility index (Phi) is 16.5. The number of hydrogen-bond donors (Lipinski definition) is 5. The highest BCUT2D eigenvalue weighted by atomic mass is 35.5. The van der Waals surface area contributed by atoms with Gasteiger partial charge in [0.25, 0.3) is 0 Å². The minimum absolute atomic E-state index is 0.0118. The standard InChI is InChI=1S/C29H28N4O3.C26H25N5O2.C2H3ClO/c1-19(34)16-23-13-14-24-26(30-23)18-25(32-24)21-9-11-22(12-10-21)31-29(36)27-8-5-15-33(27)28(35)17-20-6-3-2-4-7-20;27-24-13-12-20-22(30-24)16-21(29-20)18-8-10-19(11-9-18)28-26(33)23-7-4-14-31(23)25(32)15-17-5-2-1-3-6-17;1-2(3)4/h2-4,6-7,9-14,18,27,32H,5,8,15-17H2,1H3,(H,31,36);1-3,5-6,8-13,16,23,29H,4,7,14-15H2,(H2,27,30)(H,28,33);1H3/t27-;23-;/m00./s1. The summed E-state index contributed by atoms with van der Waals surface area (Å²) < 4.78 is 0. The number of carbonyl (C=O) groups is 6. The summed E-state index contributed by atoms with van der Waals surface area (Å²) in [6, 6.07) is 44.9. The smallest absolute Gasteiger partial charge is 0.247 e. The fourth-order valence-electron chi connectivity index (χ4n) is 9.08. The maximum atomic E-state index is 13.0. The first-order valence-corrected chi connectivity index (χ1v) is 24.5. The zero-order chi connectivity index (χ0) is 51.4. The molecule has 2 aliphatic heterocycles. The topological polar surface area (TPSA) is 216 Å². The predicted molar refractivity (Wildman–Crippen MR) is 285 cm³/mol. The van der Waals surface area contributed by atoms with E-state index in [1.807, 2.05) is 140 Å². The van der Waals surface area contributed by atoms with E-state index in [1.54, 1.807) is 22.8 Å².